The molecule has 0 aliphatic heterocycles. The molecule has 2 N–H and O–H groups in total. The van der Waals surface area contributed by atoms with Crippen molar-refractivity contribution in [2.45, 2.75) is 39.3 Å². The van der Waals surface area contributed by atoms with Crippen LogP contribution in [0.4, 0.5) is 0 Å². The predicted molar refractivity (Wildman–Crippen MR) is 55.3 cm³/mol. The van der Waals surface area contributed by atoms with Crippen LogP contribution in [0.25, 0.3) is 10.8 Å². The summed E-state index contributed by atoms with van der Waals surface area (Å²) in [7, 11) is -2.72. The molecule has 73 valence electrons. The number of nitrogens with one attached hydrogen (secondary N) is 2. The van der Waals surface area contributed by atoms with Crippen LogP contribution >= 0.6 is 0 Å². The topological polar surface area (TPSA) is 47.6 Å². The molecule has 0 aliphatic carbocycles. The van der Waals surface area contributed by atoms with Crippen LogP contribution in [0.5, 0.6) is 0 Å². The van der Waals surface area contributed by atoms with Gasteiger partial charge < -0.3 is 23.2 Å². The maximum atomic E-state index is 7.08. The fourth-order valence-electron chi connectivity index (χ4n) is 0. The molecule has 0 fully saturated rings. The van der Waals surface area contributed by atoms with Crippen molar-refractivity contribution in [3.63, 3.8) is 0 Å². The van der Waals surface area contributed by atoms with Gasteiger partial charge in [0.1, 0.15) is 0 Å². The molecule has 0 aliphatic rings. The van der Waals surface area contributed by atoms with Gasteiger partial charge in [-0.1, -0.05) is 55.8 Å². The van der Waals surface area contributed by atoms with E-state index in [0.29, 0.717) is 0 Å². The van der Waals surface area contributed by atoms with Crippen molar-refractivity contribution in [1.82, 2.24) is 0 Å². The first kappa shape index (κ1) is 23.4. The SMILES string of the molecule is C[Si](C)(C)[NH-].C[Si](C)(C)[NH-].[Cl-].[Zr+3]. The molecule has 2 nitrogen and oxygen atoms in total. The molecule has 0 saturated heterocycles. The van der Waals surface area contributed by atoms with Crippen LogP contribution in [0.1, 0.15) is 0 Å². The van der Waals surface area contributed by atoms with Gasteiger partial charge in [-0.15, -0.1) is 0 Å². The smallest absolute Gasteiger partial charge is 1.00 e. The molecule has 1 radical (unpaired) electrons. The fraction of sp³-hybridized carbons (Fsp3) is 1.00. The summed E-state index contributed by atoms with van der Waals surface area (Å²) in [5.74, 6) is 0. The molecule has 12 heavy (non-hydrogen) atoms. The van der Waals surface area contributed by atoms with Gasteiger partial charge in [0.25, 0.3) is 0 Å². The average Bonchev–Trinajstić information content (AvgIpc) is 1.12. The van der Waals surface area contributed by atoms with Crippen molar-refractivity contribution >= 4 is 16.5 Å². The summed E-state index contributed by atoms with van der Waals surface area (Å²) in [5.41, 5.74) is 0. The van der Waals surface area contributed by atoms with E-state index < -0.39 is 16.5 Å². The molecule has 0 spiro atoms. The molecule has 6 heteroatoms. The number of halogens is 1. The Bertz CT molecular complexity index is 66.5. The zero-order valence-corrected chi connectivity index (χ0v) is 14.1. The van der Waals surface area contributed by atoms with Crippen molar-refractivity contribution in [2.75, 3.05) is 0 Å². The van der Waals surface area contributed by atoms with Gasteiger partial charge in [-0.05, 0) is 0 Å². The third-order valence-electron chi connectivity index (χ3n) is 0. The summed E-state index contributed by atoms with van der Waals surface area (Å²) in [5, 5.41) is 14.2. The summed E-state index contributed by atoms with van der Waals surface area (Å²) >= 11 is 0. The Morgan fingerprint density at radius 3 is 0.667 bits per heavy atom. The molecule has 0 saturated carbocycles. The van der Waals surface area contributed by atoms with E-state index in [1.54, 1.807) is 0 Å². The molecule has 0 atom stereocenters. The van der Waals surface area contributed by atoms with Gasteiger partial charge in [0, 0.05) is 0 Å². The van der Waals surface area contributed by atoms with E-state index in [4.69, 9.17) is 10.8 Å². The maximum absolute atomic E-state index is 7.08. The summed E-state index contributed by atoms with van der Waals surface area (Å²) in [6, 6.07) is 0. The van der Waals surface area contributed by atoms with Crippen LogP contribution in [0.3, 0.4) is 0 Å². The van der Waals surface area contributed by atoms with Crippen LogP contribution in [0, 0.1) is 0 Å². The number of hydrogen-bond acceptors (Lipinski definition) is 0. The molecular weight excluding hydrogens is 283 g/mol. The zero-order chi connectivity index (χ0) is 9.00. The van der Waals surface area contributed by atoms with E-state index in [-0.39, 0.29) is 38.6 Å². The van der Waals surface area contributed by atoms with Crippen LogP contribution in [-0.4, -0.2) is 16.5 Å². The van der Waals surface area contributed by atoms with Gasteiger partial charge in [0.05, 0.1) is 0 Å². The molecular formula is C6H20ClN2Si2Zr. The molecule has 0 amide bonds. The second kappa shape index (κ2) is 9.10. The molecule has 0 aromatic carbocycles. The predicted octanol–water partition coefficient (Wildman–Crippen LogP) is 0.748. The first-order chi connectivity index (χ1) is 4.00. The largest absolute Gasteiger partial charge is 3.00 e. The molecule has 0 bridgehead atoms. The van der Waals surface area contributed by atoms with E-state index in [2.05, 4.69) is 0 Å². The number of rotatable bonds is 0. The van der Waals surface area contributed by atoms with Crippen molar-refractivity contribution in [3.05, 3.63) is 10.8 Å². The third kappa shape index (κ3) is 548. The minimum atomic E-state index is -1.36. The second-order valence-electron chi connectivity index (χ2n) is 4.50. The fourth-order valence-corrected chi connectivity index (χ4v) is 0. The van der Waals surface area contributed by atoms with E-state index in [1.807, 2.05) is 39.3 Å². The Morgan fingerprint density at radius 1 is 0.667 bits per heavy atom. The van der Waals surface area contributed by atoms with E-state index >= 15 is 0 Å². The van der Waals surface area contributed by atoms with Crippen molar-refractivity contribution in [1.29, 1.82) is 0 Å². The zero-order valence-electron chi connectivity index (χ0n) is 8.88. The maximum Gasteiger partial charge on any atom is 3.00 e. The Kier molecular flexibility index (Phi) is 17.7. The minimum absolute atomic E-state index is 0. The van der Waals surface area contributed by atoms with Gasteiger partial charge in [-0.2, -0.15) is 0 Å². The standard InChI is InChI=1S/2C3H10NSi.ClH.Zr/c2*1-5(2,3)4;;/h2*4H,1-3H3;1H;/q2*-1;;+3/p-1. The Morgan fingerprint density at radius 2 is 0.667 bits per heavy atom. The van der Waals surface area contributed by atoms with Crippen molar-refractivity contribution in [3.8, 4) is 0 Å². The quantitative estimate of drug-likeness (QED) is 0.593. The third-order valence-corrected chi connectivity index (χ3v) is 0. The van der Waals surface area contributed by atoms with Gasteiger partial charge in [-0.3, -0.25) is 0 Å². The monoisotopic (exact) mass is 301 g/mol. The van der Waals surface area contributed by atoms with Crippen LogP contribution in [-0.2, 0) is 26.2 Å². The summed E-state index contributed by atoms with van der Waals surface area (Å²) in [6.45, 7) is 12.0. The summed E-state index contributed by atoms with van der Waals surface area (Å²) < 4.78 is 0. The molecule has 0 heterocycles. The van der Waals surface area contributed by atoms with Crippen molar-refractivity contribution in [2.24, 2.45) is 0 Å². The first-order valence-corrected chi connectivity index (χ1v) is 10.5. The van der Waals surface area contributed by atoms with Crippen LogP contribution < -0.4 is 12.4 Å². The summed E-state index contributed by atoms with van der Waals surface area (Å²) in [4.78, 5) is 0. The summed E-state index contributed by atoms with van der Waals surface area (Å²) in [6.07, 6.45) is 0. The van der Waals surface area contributed by atoms with E-state index in [1.165, 1.54) is 0 Å². The van der Waals surface area contributed by atoms with Gasteiger partial charge in [-0.25, -0.2) is 0 Å². The van der Waals surface area contributed by atoms with Gasteiger partial charge in [0.15, 0.2) is 0 Å². The Balaban J connectivity index is -0.0000000457. The Labute approximate surface area is 105 Å². The molecule has 0 aromatic rings. The van der Waals surface area contributed by atoms with Crippen LogP contribution in [0.2, 0.25) is 39.3 Å². The molecule has 0 unspecified atom stereocenters. The first-order valence-electron chi connectivity index (χ1n) is 3.50. The van der Waals surface area contributed by atoms with E-state index in [9.17, 15) is 0 Å². The Hall–Kier alpha value is 1.53. The van der Waals surface area contributed by atoms with Crippen molar-refractivity contribution < 1.29 is 38.6 Å². The minimum Gasteiger partial charge on any atom is -1.00 e. The second-order valence-corrected chi connectivity index (χ2v) is 13.5. The molecule has 0 aromatic heterocycles. The van der Waals surface area contributed by atoms with E-state index in [0.717, 1.165) is 0 Å². The van der Waals surface area contributed by atoms with Gasteiger partial charge in [0.2, 0.25) is 0 Å². The normalized spacial score (nSPS) is 10.0. The number of hydrogen-bond donors (Lipinski definition) is 0. The average molecular weight is 303 g/mol. The molecule has 0 rings (SSSR count). The van der Waals surface area contributed by atoms with Crippen LogP contribution in [0.15, 0.2) is 0 Å². The van der Waals surface area contributed by atoms with Gasteiger partial charge >= 0.3 is 26.2 Å².